The van der Waals surface area contributed by atoms with E-state index in [0.717, 1.165) is 63.7 Å². The Morgan fingerprint density at radius 1 is 0.279 bits per heavy atom. The number of hydrogen-bond donors (Lipinski definition) is 0. The van der Waals surface area contributed by atoms with Crippen molar-refractivity contribution < 1.29 is 28.6 Å². The fourth-order valence-corrected chi connectivity index (χ4v) is 9.63. The Bertz CT molecular complexity index is 1030. The predicted octanol–water partition coefficient (Wildman–Crippen LogP) is 20.6. The van der Waals surface area contributed by atoms with Crippen LogP contribution in [0, 0.1) is 5.92 Å². The van der Waals surface area contributed by atoms with Crippen LogP contribution in [0.5, 0.6) is 0 Å². The molecule has 0 radical (unpaired) electrons. The second kappa shape index (κ2) is 56.3. The zero-order valence-corrected chi connectivity index (χ0v) is 46.6. The van der Waals surface area contributed by atoms with Gasteiger partial charge in [0.25, 0.3) is 0 Å². The Morgan fingerprint density at radius 2 is 0.485 bits per heavy atom. The molecule has 0 aliphatic rings. The monoisotopic (exact) mass is 961 g/mol. The molecule has 6 heteroatoms. The maximum atomic E-state index is 12.9. The van der Waals surface area contributed by atoms with Gasteiger partial charge in [0.1, 0.15) is 13.2 Å². The van der Waals surface area contributed by atoms with E-state index in [1.54, 1.807) is 0 Å². The lowest BCUT2D eigenvalue weighted by molar-refractivity contribution is -0.167. The van der Waals surface area contributed by atoms with E-state index >= 15 is 0 Å². The summed E-state index contributed by atoms with van der Waals surface area (Å²) in [6, 6.07) is 0. The van der Waals surface area contributed by atoms with Gasteiger partial charge in [0.2, 0.25) is 0 Å². The van der Waals surface area contributed by atoms with Gasteiger partial charge in [-0.05, 0) is 25.2 Å². The van der Waals surface area contributed by atoms with E-state index in [-0.39, 0.29) is 31.1 Å². The smallest absolute Gasteiger partial charge is 0.306 e. The van der Waals surface area contributed by atoms with Crippen molar-refractivity contribution in [1.82, 2.24) is 0 Å². The number of carbonyl (C=O) groups is 3. The van der Waals surface area contributed by atoms with Crippen molar-refractivity contribution in [3.05, 3.63) is 0 Å². The minimum Gasteiger partial charge on any atom is -0.462 e. The molecule has 0 saturated heterocycles. The highest BCUT2D eigenvalue weighted by atomic mass is 16.6. The molecule has 0 aliphatic carbocycles. The maximum Gasteiger partial charge on any atom is 0.306 e. The summed E-state index contributed by atoms with van der Waals surface area (Å²) in [6.45, 7) is 9.09. The van der Waals surface area contributed by atoms with Crippen LogP contribution in [0.25, 0.3) is 0 Å². The van der Waals surface area contributed by atoms with E-state index in [9.17, 15) is 14.4 Å². The van der Waals surface area contributed by atoms with Crippen LogP contribution >= 0.6 is 0 Å². The van der Waals surface area contributed by atoms with Gasteiger partial charge in [-0.1, -0.05) is 317 Å². The molecule has 0 spiro atoms. The number of unbranched alkanes of at least 4 members (excludes halogenated alkanes) is 44. The topological polar surface area (TPSA) is 78.9 Å². The van der Waals surface area contributed by atoms with Gasteiger partial charge < -0.3 is 14.2 Å². The van der Waals surface area contributed by atoms with Crippen molar-refractivity contribution in [3.63, 3.8) is 0 Å². The molecule has 0 aromatic carbocycles. The zero-order chi connectivity index (χ0) is 49.5. The molecular weight excluding hydrogens is 841 g/mol. The first-order valence-electron chi connectivity index (χ1n) is 30.9. The molecule has 404 valence electrons. The Morgan fingerprint density at radius 3 is 0.721 bits per heavy atom. The lowest BCUT2D eigenvalue weighted by Crippen LogP contribution is -2.30. The molecule has 0 heterocycles. The molecule has 68 heavy (non-hydrogen) atoms. The van der Waals surface area contributed by atoms with Crippen LogP contribution in [-0.2, 0) is 28.6 Å². The first-order valence-corrected chi connectivity index (χ1v) is 30.9. The summed E-state index contributed by atoms with van der Waals surface area (Å²) in [6.07, 6.45) is 62.4. The van der Waals surface area contributed by atoms with Crippen LogP contribution < -0.4 is 0 Å². The van der Waals surface area contributed by atoms with Crippen molar-refractivity contribution in [1.29, 1.82) is 0 Å². The van der Waals surface area contributed by atoms with Gasteiger partial charge in [0.05, 0.1) is 0 Å². The summed E-state index contributed by atoms with van der Waals surface area (Å²) >= 11 is 0. The highest BCUT2D eigenvalue weighted by molar-refractivity contribution is 5.71. The van der Waals surface area contributed by atoms with Crippen LogP contribution in [0.4, 0.5) is 0 Å². The second-order valence-corrected chi connectivity index (χ2v) is 21.8. The molecule has 0 unspecified atom stereocenters. The first kappa shape index (κ1) is 66.4. The highest BCUT2D eigenvalue weighted by Crippen LogP contribution is 2.18. The zero-order valence-electron chi connectivity index (χ0n) is 46.6. The fourth-order valence-electron chi connectivity index (χ4n) is 9.63. The average molecular weight is 962 g/mol. The minimum atomic E-state index is -0.762. The standard InChI is InChI=1S/C62H120O6/c1-5-7-9-11-13-15-17-19-21-22-26-31-35-39-43-47-51-55-62(65)68-59(56-66-60(63)53-49-45-41-37-33-29-24-20-18-16-14-12-10-8-6-2)57-67-61(64)54-50-46-42-38-34-30-27-23-25-28-32-36-40-44-48-52-58(3)4/h58-59H,5-57H2,1-4H3/t59-/m0/s1. The summed E-state index contributed by atoms with van der Waals surface area (Å²) in [5, 5.41) is 0. The Hall–Kier alpha value is -1.59. The third-order valence-electron chi connectivity index (χ3n) is 14.3. The van der Waals surface area contributed by atoms with E-state index in [1.807, 2.05) is 0 Å². The third kappa shape index (κ3) is 55.3. The number of esters is 3. The van der Waals surface area contributed by atoms with Crippen LogP contribution in [0.15, 0.2) is 0 Å². The summed E-state index contributed by atoms with van der Waals surface area (Å²) in [5.41, 5.74) is 0. The summed E-state index contributed by atoms with van der Waals surface area (Å²) in [7, 11) is 0. The normalized spacial score (nSPS) is 12.0. The second-order valence-electron chi connectivity index (χ2n) is 21.8. The molecule has 0 bridgehead atoms. The fraction of sp³-hybridized carbons (Fsp3) is 0.952. The van der Waals surface area contributed by atoms with Crippen molar-refractivity contribution in [2.24, 2.45) is 5.92 Å². The van der Waals surface area contributed by atoms with E-state index in [0.29, 0.717) is 19.3 Å². The van der Waals surface area contributed by atoms with Gasteiger partial charge in [-0.15, -0.1) is 0 Å². The van der Waals surface area contributed by atoms with E-state index in [2.05, 4.69) is 27.7 Å². The molecule has 0 rings (SSSR count). The molecule has 0 aliphatic heterocycles. The van der Waals surface area contributed by atoms with Gasteiger partial charge in [-0.3, -0.25) is 14.4 Å². The van der Waals surface area contributed by atoms with E-state index < -0.39 is 6.10 Å². The van der Waals surface area contributed by atoms with Crippen molar-refractivity contribution in [2.45, 2.75) is 361 Å². The van der Waals surface area contributed by atoms with Gasteiger partial charge in [0.15, 0.2) is 6.10 Å². The van der Waals surface area contributed by atoms with Crippen LogP contribution in [-0.4, -0.2) is 37.2 Å². The Labute approximate surface area is 425 Å². The first-order chi connectivity index (χ1) is 33.4. The minimum absolute atomic E-state index is 0.0613. The van der Waals surface area contributed by atoms with Gasteiger partial charge in [-0.25, -0.2) is 0 Å². The molecule has 1 atom stereocenters. The SMILES string of the molecule is CCCCCCCCCCCCCCCCCCCC(=O)O[C@@H](COC(=O)CCCCCCCCCCCCCCCCC)COC(=O)CCCCCCCCCCCCCCCCCC(C)C. The molecule has 0 aromatic rings. The molecule has 6 nitrogen and oxygen atoms in total. The van der Waals surface area contributed by atoms with Crippen molar-refractivity contribution in [3.8, 4) is 0 Å². The maximum absolute atomic E-state index is 12.9. The quantitative estimate of drug-likeness (QED) is 0.0343. The summed E-state index contributed by atoms with van der Waals surface area (Å²) < 4.78 is 16.9. The van der Waals surface area contributed by atoms with Gasteiger partial charge in [-0.2, -0.15) is 0 Å². The van der Waals surface area contributed by atoms with Crippen LogP contribution in [0.1, 0.15) is 355 Å². The van der Waals surface area contributed by atoms with Crippen molar-refractivity contribution in [2.75, 3.05) is 13.2 Å². The largest absolute Gasteiger partial charge is 0.462 e. The lowest BCUT2D eigenvalue weighted by atomic mass is 10.0. The van der Waals surface area contributed by atoms with Crippen LogP contribution in [0.2, 0.25) is 0 Å². The number of carbonyl (C=O) groups excluding carboxylic acids is 3. The molecular formula is C62H120O6. The molecule has 0 aromatic heterocycles. The summed E-state index contributed by atoms with van der Waals surface area (Å²) in [5.74, 6) is 0.0198. The van der Waals surface area contributed by atoms with E-state index in [1.165, 1.54) is 250 Å². The van der Waals surface area contributed by atoms with Crippen molar-refractivity contribution >= 4 is 17.9 Å². The molecule has 0 amide bonds. The number of ether oxygens (including phenoxy) is 3. The number of hydrogen-bond acceptors (Lipinski definition) is 6. The third-order valence-corrected chi connectivity index (χ3v) is 14.3. The molecule has 0 fully saturated rings. The predicted molar refractivity (Wildman–Crippen MR) is 293 cm³/mol. The molecule has 0 N–H and O–H groups in total. The summed E-state index contributed by atoms with van der Waals surface area (Å²) in [4.78, 5) is 38.2. The highest BCUT2D eigenvalue weighted by Gasteiger charge is 2.19. The lowest BCUT2D eigenvalue weighted by Gasteiger charge is -2.18. The molecule has 0 saturated carbocycles. The van der Waals surface area contributed by atoms with Crippen LogP contribution in [0.3, 0.4) is 0 Å². The Kier molecular flexibility index (Phi) is 55.0. The average Bonchev–Trinajstić information content (AvgIpc) is 3.32. The van der Waals surface area contributed by atoms with E-state index in [4.69, 9.17) is 14.2 Å². The van der Waals surface area contributed by atoms with Gasteiger partial charge in [0, 0.05) is 19.3 Å². The Balaban J connectivity index is 4.29. The van der Waals surface area contributed by atoms with Gasteiger partial charge >= 0.3 is 17.9 Å². The number of rotatable bonds is 57.